The molecule has 0 bridgehead atoms. The number of hydrogen-bond acceptors (Lipinski definition) is 3. The maximum atomic E-state index is 12.2. The van der Waals surface area contributed by atoms with Crippen LogP contribution in [0.3, 0.4) is 0 Å². The molecule has 0 aromatic heterocycles. The standard InChI is InChI=1S/C14H14O4S2/c15-19(10-12-4-2-1-3-5-12)14-8-6-13(7-9-14)11-20(16,17)18/h1-9H,10-11H2,(H,16,17,18). The first-order valence-electron chi connectivity index (χ1n) is 5.90. The number of benzene rings is 2. The lowest BCUT2D eigenvalue weighted by atomic mass is 10.2. The first kappa shape index (κ1) is 14.9. The fourth-order valence-electron chi connectivity index (χ4n) is 1.76. The van der Waals surface area contributed by atoms with E-state index >= 15 is 0 Å². The molecule has 1 atom stereocenters. The SMILES string of the molecule is O=S(Cc1ccccc1)c1ccc(CS(=O)(=O)O)cc1. The van der Waals surface area contributed by atoms with Crippen LogP contribution in [0.2, 0.25) is 0 Å². The van der Waals surface area contributed by atoms with Gasteiger partial charge >= 0.3 is 0 Å². The van der Waals surface area contributed by atoms with Crippen molar-refractivity contribution in [1.82, 2.24) is 0 Å². The third-order valence-corrected chi connectivity index (χ3v) is 4.77. The van der Waals surface area contributed by atoms with Gasteiger partial charge in [0.2, 0.25) is 0 Å². The zero-order chi connectivity index (χ0) is 14.6. The van der Waals surface area contributed by atoms with Crippen LogP contribution >= 0.6 is 0 Å². The van der Waals surface area contributed by atoms with Crippen LogP contribution in [0.1, 0.15) is 11.1 Å². The molecule has 0 aliphatic heterocycles. The van der Waals surface area contributed by atoms with Crippen molar-refractivity contribution in [2.24, 2.45) is 0 Å². The van der Waals surface area contributed by atoms with E-state index in [1.165, 1.54) is 0 Å². The summed E-state index contributed by atoms with van der Waals surface area (Å²) in [6.45, 7) is 0. The highest BCUT2D eigenvalue weighted by Gasteiger charge is 2.08. The Labute approximate surface area is 120 Å². The molecule has 1 unspecified atom stereocenters. The number of rotatable bonds is 5. The highest BCUT2D eigenvalue weighted by Crippen LogP contribution is 2.14. The van der Waals surface area contributed by atoms with E-state index in [1.54, 1.807) is 24.3 Å². The van der Waals surface area contributed by atoms with E-state index in [2.05, 4.69) is 0 Å². The second-order valence-electron chi connectivity index (χ2n) is 4.35. The molecular formula is C14H14O4S2. The largest absolute Gasteiger partial charge is 0.285 e. The Morgan fingerprint density at radius 1 is 0.900 bits per heavy atom. The maximum Gasteiger partial charge on any atom is 0.269 e. The van der Waals surface area contributed by atoms with E-state index in [-0.39, 0.29) is 0 Å². The summed E-state index contributed by atoms with van der Waals surface area (Å²) < 4.78 is 42.4. The van der Waals surface area contributed by atoms with Gasteiger partial charge < -0.3 is 0 Å². The van der Waals surface area contributed by atoms with E-state index in [0.717, 1.165) is 5.56 Å². The molecule has 0 fully saturated rings. The molecule has 0 radical (unpaired) electrons. The molecule has 20 heavy (non-hydrogen) atoms. The average molecular weight is 310 g/mol. The van der Waals surface area contributed by atoms with Crippen molar-refractivity contribution < 1.29 is 17.2 Å². The van der Waals surface area contributed by atoms with Crippen LogP contribution in [0.15, 0.2) is 59.5 Å². The van der Waals surface area contributed by atoms with Crippen LogP contribution in [0.25, 0.3) is 0 Å². The molecular weight excluding hydrogens is 296 g/mol. The molecule has 0 aliphatic rings. The molecule has 6 heteroatoms. The van der Waals surface area contributed by atoms with Crippen molar-refractivity contribution in [1.29, 1.82) is 0 Å². The predicted molar refractivity (Wildman–Crippen MR) is 78.2 cm³/mol. The second-order valence-corrected chi connectivity index (χ2v) is 7.25. The normalized spacial score (nSPS) is 13.1. The van der Waals surface area contributed by atoms with Crippen molar-refractivity contribution in [3.63, 3.8) is 0 Å². The maximum absolute atomic E-state index is 12.2. The molecule has 2 aromatic rings. The molecule has 0 spiro atoms. The molecule has 2 aromatic carbocycles. The van der Waals surface area contributed by atoms with E-state index in [4.69, 9.17) is 4.55 Å². The first-order chi connectivity index (χ1) is 9.44. The summed E-state index contributed by atoms with van der Waals surface area (Å²) in [6, 6.07) is 15.9. The lowest BCUT2D eigenvalue weighted by molar-refractivity contribution is 0.482. The Balaban J connectivity index is 2.08. The topological polar surface area (TPSA) is 71.4 Å². The van der Waals surface area contributed by atoms with Crippen molar-refractivity contribution in [2.45, 2.75) is 16.4 Å². The third-order valence-electron chi connectivity index (χ3n) is 2.68. The van der Waals surface area contributed by atoms with E-state index in [9.17, 15) is 12.6 Å². The van der Waals surface area contributed by atoms with Gasteiger partial charge in [-0.1, -0.05) is 42.5 Å². The van der Waals surface area contributed by atoms with Crippen LogP contribution in [0.4, 0.5) is 0 Å². The monoisotopic (exact) mass is 310 g/mol. The third kappa shape index (κ3) is 4.56. The number of hydrogen-bond donors (Lipinski definition) is 1. The molecule has 0 amide bonds. The summed E-state index contributed by atoms with van der Waals surface area (Å²) >= 11 is 0. The van der Waals surface area contributed by atoms with Gasteiger partial charge in [-0.15, -0.1) is 0 Å². The smallest absolute Gasteiger partial charge is 0.269 e. The lowest BCUT2D eigenvalue weighted by Crippen LogP contribution is -2.02. The van der Waals surface area contributed by atoms with Crippen molar-refractivity contribution >= 4 is 20.9 Å². The Hall–Kier alpha value is -1.50. The van der Waals surface area contributed by atoms with Gasteiger partial charge in [-0.2, -0.15) is 8.42 Å². The minimum absolute atomic E-state index is 0.415. The van der Waals surface area contributed by atoms with E-state index in [0.29, 0.717) is 16.2 Å². The summed E-state index contributed by atoms with van der Waals surface area (Å²) in [5.74, 6) is -0.0168. The van der Waals surface area contributed by atoms with Gasteiger partial charge in [0.1, 0.15) is 5.75 Å². The molecule has 0 aliphatic carbocycles. The van der Waals surface area contributed by atoms with Gasteiger partial charge in [-0.25, -0.2) is 0 Å². The van der Waals surface area contributed by atoms with Crippen molar-refractivity contribution in [3.8, 4) is 0 Å². The summed E-state index contributed by atoms with van der Waals surface area (Å²) in [5, 5.41) is 0. The fraction of sp³-hybridized carbons (Fsp3) is 0.143. The zero-order valence-corrected chi connectivity index (χ0v) is 12.2. The summed E-state index contributed by atoms with van der Waals surface area (Å²) in [4.78, 5) is 0.632. The molecule has 1 N–H and O–H groups in total. The van der Waals surface area contributed by atoms with Crippen LogP contribution in [-0.2, 0) is 32.4 Å². The van der Waals surface area contributed by atoms with Crippen LogP contribution < -0.4 is 0 Å². The van der Waals surface area contributed by atoms with Gasteiger partial charge in [-0.05, 0) is 23.3 Å². The Morgan fingerprint density at radius 2 is 1.50 bits per heavy atom. The highest BCUT2D eigenvalue weighted by atomic mass is 32.2. The van der Waals surface area contributed by atoms with Crippen LogP contribution in [0, 0.1) is 0 Å². The van der Waals surface area contributed by atoms with E-state index in [1.807, 2.05) is 30.3 Å². The first-order valence-corrected chi connectivity index (χ1v) is 8.83. The molecule has 106 valence electrons. The van der Waals surface area contributed by atoms with Crippen molar-refractivity contribution in [2.75, 3.05) is 0 Å². The average Bonchev–Trinajstić information content (AvgIpc) is 2.39. The minimum atomic E-state index is -4.03. The Bertz CT molecular complexity index is 692. The Kier molecular flexibility index (Phi) is 4.69. The molecule has 0 saturated heterocycles. The second kappa shape index (κ2) is 6.30. The van der Waals surface area contributed by atoms with Crippen LogP contribution in [0.5, 0.6) is 0 Å². The van der Waals surface area contributed by atoms with Gasteiger partial charge in [0, 0.05) is 4.90 Å². The van der Waals surface area contributed by atoms with Gasteiger partial charge in [0.25, 0.3) is 10.1 Å². The summed E-state index contributed by atoms with van der Waals surface area (Å²) in [5.41, 5.74) is 1.45. The molecule has 0 saturated carbocycles. The summed E-state index contributed by atoms with van der Waals surface area (Å²) in [7, 11) is -5.21. The molecule has 4 nitrogen and oxygen atoms in total. The van der Waals surface area contributed by atoms with Crippen LogP contribution in [-0.4, -0.2) is 17.2 Å². The quantitative estimate of drug-likeness (QED) is 0.861. The minimum Gasteiger partial charge on any atom is -0.285 e. The lowest BCUT2D eigenvalue weighted by Gasteiger charge is -2.04. The van der Waals surface area contributed by atoms with Gasteiger partial charge in [0.15, 0.2) is 0 Å². The highest BCUT2D eigenvalue weighted by molar-refractivity contribution is 7.85. The zero-order valence-electron chi connectivity index (χ0n) is 10.6. The predicted octanol–water partition coefficient (Wildman–Crippen LogP) is 2.38. The van der Waals surface area contributed by atoms with Gasteiger partial charge in [0.05, 0.1) is 16.6 Å². The van der Waals surface area contributed by atoms with E-state index < -0.39 is 26.7 Å². The fourth-order valence-corrected chi connectivity index (χ4v) is 3.47. The molecule has 0 heterocycles. The Morgan fingerprint density at radius 3 is 2.05 bits per heavy atom. The van der Waals surface area contributed by atoms with Crippen molar-refractivity contribution in [3.05, 3.63) is 65.7 Å². The summed E-state index contributed by atoms with van der Waals surface area (Å²) in [6.07, 6.45) is 0. The van der Waals surface area contributed by atoms with Gasteiger partial charge in [-0.3, -0.25) is 8.76 Å². The molecule has 2 rings (SSSR count).